The van der Waals surface area contributed by atoms with Gasteiger partial charge < -0.3 is 9.47 Å². The van der Waals surface area contributed by atoms with Crippen molar-refractivity contribution in [1.82, 2.24) is 24.1 Å². The van der Waals surface area contributed by atoms with Gasteiger partial charge in [-0.1, -0.05) is 61.0 Å². The first-order chi connectivity index (χ1) is 23.2. The zero-order valence-corrected chi connectivity index (χ0v) is 29.5. The van der Waals surface area contributed by atoms with E-state index in [0.717, 1.165) is 50.0 Å². The monoisotopic (exact) mass is 687 g/mol. The number of amides is 1. The SMILES string of the molecule is CCCNS(=O)(=O)c1ccc(Cl)c(C(=O)N2CCC(CCN3[C@@H]4CC[C@H]3CC(n3c(C)nc5ccccc53)C4)(c3ccccc3)CC2)c1. The minimum Gasteiger partial charge on any atom is -0.339 e. The summed E-state index contributed by atoms with van der Waals surface area (Å²) in [5.41, 5.74) is 3.88. The van der Waals surface area contributed by atoms with Crippen LogP contribution < -0.4 is 4.72 Å². The summed E-state index contributed by atoms with van der Waals surface area (Å²) in [6, 6.07) is 25.4. The van der Waals surface area contributed by atoms with Gasteiger partial charge in [-0.25, -0.2) is 18.1 Å². The number of aryl methyl sites for hydroxylation is 1. The summed E-state index contributed by atoms with van der Waals surface area (Å²) in [5.74, 6) is 0.901. The molecule has 1 unspecified atom stereocenters. The van der Waals surface area contributed by atoms with E-state index in [2.05, 4.69) is 75.7 Å². The number of halogens is 1. The van der Waals surface area contributed by atoms with Gasteiger partial charge in [0.1, 0.15) is 5.82 Å². The molecule has 3 aliphatic heterocycles. The molecule has 3 aliphatic rings. The average Bonchev–Trinajstić information content (AvgIpc) is 3.56. The van der Waals surface area contributed by atoms with Crippen LogP contribution in [-0.2, 0) is 15.4 Å². The first-order valence-electron chi connectivity index (χ1n) is 17.5. The van der Waals surface area contributed by atoms with Crippen LogP contribution in [0.3, 0.4) is 0 Å². The lowest BCUT2D eigenvalue weighted by atomic mass is 9.70. The number of carbonyl (C=O) groups excluding carboxylic acids is 1. The zero-order valence-electron chi connectivity index (χ0n) is 27.9. The van der Waals surface area contributed by atoms with E-state index in [0.29, 0.717) is 44.2 Å². The number of benzene rings is 3. The first-order valence-corrected chi connectivity index (χ1v) is 19.4. The molecule has 48 heavy (non-hydrogen) atoms. The van der Waals surface area contributed by atoms with Crippen molar-refractivity contribution in [3.8, 4) is 0 Å². The molecule has 0 aliphatic carbocycles. The van der Waals surface area contributed by atoms with E-state index in [-0.39, 0.29) is 26.8 Å². The molecule has 10 heteroatoms. The summed E-state index contributed by atoms with van der Waals surface area (Å²) >= 11 is 6.49. The van der Waals surface area contributed by atoms with Gasteiger partial charge in [0.05, 0.1) is 26.5 Å². The normalized spacial score (nSPS) is 22.7. The maximum Gasteiger partial charge on any atom is 0.255 e. The Labute approximate surface area is 289 Å². The molecule has 2 bridgehead atoms. The molecule has 1 N–H and O–H groups in total. The minimum absolute atomic E-state index is 0.0372. The van der Waals surface area contributed by atoms with Crippen LogP contribution in [0, 0.1) is 6.92 Å². The zero-order chi connectivity index (χ0) is 33.5. The molecule has 3 fully saturated rings. The van der Waals surface area contributed by atoms with Crippen LogP contribution in [0.2, 0.25) is 5.02 Å². The second kappa shape index (κ2) is 13.6. The average molecular weight is 688 g/mol. The highest BCUT2D eigenvalue weighted by atomic mass is 35.5. The number of sulfonamides is 1. The van der Waals surface area contributed by atoms with E-state index in [1.807, 2.05) is 11.8 Å². The van der Waals surface area contributed by atoms with Crippen molar-refractivity contribution >= 4 is 38.6 Å². The Bertz CT molecular complexity index is 1870. The summed E-state index contributed by atoms with van der Waals surface area (Å²) in [6.07, 6.45) is 8.22. The van der Waals surface area contributed by atoms with Gasteiger partial charge in [0.15, 0.2) is 0 Å². The molecule has 3 atom stereocenters. The molecular weight excluding hydrogens is 642 g/mol. The largest absolute Gasteiger partial charge is 0.339 e. The van der Waals surface area contributed by atoms with E-state index < -0.39 is 10.0 Å². The Morgan fingerprint density at radius 1 is 0.958 bits per heavy atom. The Hall–Kier alpha value is -3.24. The molecule has 7 rings (SSSR count). The molecule has 0 radical (unpaired) electrons. The molecule has 254 valence electrons. The predicted octanol–water partition coefficient (Wildman–Crippen LogP) is 7.12. The fourth-order valence-corrected chi connectivity index (χ4v) is 10.1. The lowest BCUT2D eigenvalue weighted by Crippen LogP contribution is -2.49. The van der Waals surface area contributed by atoms with E-state index in [9.17, 15) is 13.2 Å². The maximum atomic E-state index is 13.8. The highest BCUT2D eigenvalue weighted by Gasteiger charge is 2.44. The Morgan fingerprint density at radius 3 is 2.35 bits per heavy atom. The number of rotatable bonds is 10. The molecule has 3 saturated heterocycles. The van der Waals surface area contributed by atoms with Crippen molar-refractivity contribution < 1.29 is 13.2 Å². The number of hydrogen-bond acceptors (Lipinski definition) is 5. The third-order valence-corrected chi connectivity index (χ3v) is 13.0. The quantitative estimate of drug-likeness (QED) is 0.192. The second-order valence-electron chi connectivity index (χ2n) is 14.0. The number of hydrogen-bond donors (Lipinski definition) is 1. The number of para-hydroxylation sites is 2. The molecule has 4 aromatic rings. The highest BCUT2D eigenvalue weighted by molar-refractivity contribution is 7.89. The van der Waals surface area contributed by atoms with Gasteiger partial charge in [0.2, 0.25) is 10.0 Å². The van der Waals surface area contributed by atoms with Crippen LogP contribution in [0.5, 0.6) is 0 Å². The third-order valence-electron chi connectivity index (χ3n) is 11.3. The van der Waals surface area contributed by atoms with Crippen LogP contribution in [0.4, 0.5) is 0 Å². The van der Waals surface area contributed by atoms with Crippen LogP contribution in [0.1, 0.15) is 86.1 Å². The summed E-state index contributed by atoms with van der Waals surface area (Å²) in [7, 11) is -3.72. The summed E-state index contributed by atoms with van der Waals surface area (Å²) in [4.78, 5) is 23.4. The smallest absolute Gasteiger partial charge is 0.255 e. The molecule has 3 aromatic carbocycles. The van der Waals surface area contributed by atoms with Gasteiger partial charge in [-0.15, -0.1) is 0 Å². The number of nitrogens with zero attached hydrogens (tertiary/aromatic N) is 4. The highest BCUT2D eigenvalue weighted by Crippen LogP contribution is 2.45. The van der Waals surface area contributed by atoms with E-state index in [4.69, 9.17) is 16.6 Å². The minimum atomic E-state index is -3.72. The summed E-state index contributed by atoms with van der Waals surface area (Å²) in [6.45, 7) is 6.62. The second-order valence-corrected chi connectivity index (χ2v) is 16.2. The first kappa shape index (κ1) is 33.3. The van der Waals surface area contributed by atoms with Crippen molar-refractivity contribution in [3.05, 3.63) is 94.8 Å². The molecule has 8 nitrogen and oxygen atoms in total. The molecule has 4 heterocycles. The predicted molar refractivity (Wildman–Crippen MR) is 191 cm³/mol. The number of likely N-dealkylation sites (tertiary alicyclic amines) is 1. The lowest BCUT2D eigenvalue weighted by molar-refractivity contribution is 0.0607. The Kier molecular flexibility index (Phi) is 9.41. The number of piperidine rings is 2. The number of aromatic nitrogens is 2. The van der Waals surface area contributed by atoms with Crippen molar-refractivity contribution in [2.45, 2.75) is 93.7 Å². The third kappa shape index (κ3) is 6.30. The topological polar surface area (TPSA) is 87.5 Å². The summed E-state index contributed by atoms with van der Waals surface area (Å²) < 4.78 is 30.7. The fourth-order valence-electron chi connectivity index (χ4n) is 8.73. The van der Waals surface area contributed by atoms with Crippen LogP contribution in [0.15, 0.2) is 77.7 Å². The van der Waals surface area contributed by atoms with E-state index >= 15 is 0 Å². The molecule has 0 spiro atoms. The number of fused-ring (bicyclic) bond motifs is 3. The molecule has 0 saturated carbocycles. The van der Waals surface area contributed by atoms with Gasteiger partial charge in [0.25, 0.3) is 5.91 Å². The Balaban J connectivity index is 1.06. The van der Waals surface area contributed by atoms with Crippen molar-refractivity contribution in [2.75, 3.05) is 26.2 Å². The van der Waals surface area contributed by atoms with E-state index in [1.165, 1.54) is 42.1 Å². The van der Waals surface area contributed by atoms with Gasteiger partial charge in [-0.2, -0.15) is 0 Å². The van der Waals surface area contributed by atoms with Crippen LogP contribution in [-0.4, -0.2) is 71.9 Å². The van der Waals surface area contributed by atoms with Crippen molar-refractivity contribution in [2.24, 2.45) is 0 Å². The van der Waals surface area contributed by atoms with Gasteiger partial charge in [-0.05, 0) is 106 Å². The molecule has 1 amide bonds. The lowest BCUT2D eigenvalue weighted by Gasteiger charge is -2.45. The van der Waals surface area contributed by atoms with E-state index in [1.54, 1.807) is 0 Å². The Morgan fingerprint density at radius 2 is 1.65 bits per heavy atom. The molecular formula is C38H46ClN5O3S. The number of carbonyl (C=O) groups is 1. The van der Waals surface area contributed by atoms with Crippen molar-refractivity contribution in [1.29, 1.82) is 0 Å². The summed E-state index contributed by atoms with van der Waals surface area (Å²) in [5, 5.41) is 0.270. The fraction of sp³-hybridized carbons (Fsp3) is 0.474. The number of nitrogens with one attached hydrogen (secondary N) is 1. The van der Waals surface area contributed by atoms with Gasteiger partial charge >= 0.3 is 0 Å². The van der Waals surface area contributed by atoms with Crippen molar-refractivity contribution in [3.63, 3.8) is 0 Å². The van der Waals surface area contributed by atoms with Crippen LogP contribution >= 0.6 is 11.6 Å². The number of imidazole rings is 1. The standard InChI is InChI=1S/C38H46ClN5O3S/c1-3-20-40-48(46,47)32-15-16-34(39)33(26-32)37(45)42-21-17-38(18-22-42,28-9-5-4-6-10-28)19-23-43-29-13-14-30(43)25-31(24-29)44-27(2)41-35-11-7-8-12-36(35)44/h4-12,15-16,26,29-31,40H,3,13-14,17-25H2,1-2H3/t29-,30+,31?. The van der Waals surface area contributed by atoms with Crippen LogP contribution in [0.25, 0.3) is 11.0 Å². The van der Waals surface area contributed by atoms with Gasteiger partial charge in [-0.3, -0.25) is 9.69 Å². The van der Waals surface area contributed by atoms with Gasteiger partial charge in [0, 0.05) is 37.8 Å². The maximum absolute atomic E-state index is 13.8. The molecule has 1 aromatic heterocycles.